The van der Waals surface area contributed by atoms with Gasteiger partial charge in [-0.05, 0) is 51.0 Å². The highest BCUT2D eigenvalue weighted by atomic mass is 35.5. The zero-order valence-electron chi connectivity index (χ0n) is 16.4. The van der Waals surface area contributed by atoms with Crippen molar-refractivity contribution in [2.75, 3.05) is 17.3 Å². The zero-order valence-corrected chi connectivity index (χ0v) is 18.0. The van der Waals surface area contributed by atoms with E-state index in [9.17, 15) is 14.4 Å². The topological polar surface area (TPSA) is 83.1 Å². The van der Waals surface area contributed by atoms with Crippen LogP contribution in [0.3, 0.4) is 0 Å². The van der Waals surface area contributed by atoms with Gasteiger partial charge in [0.2, 0.25) is 17.4 Å². The van der Waals surface area contributed by atoms with Crippen molar-refractivity contribution >= 4 is 46.8 Å². The summed E-state index contributed by atoms with van der Waals surface area (Å²) in [5.74, 6) is -1.01. The molecule has 28 heavy (non-hydrogen) atoms. The molecule has 3 N–H and O–H groups in total. The van der Waals surface area contributed by atoms with Gasteiger partial charge >= 0.3 is 0 Å². The van der Waals surface area contributed by atoms with E-state index >= 15 is 0 Å². The molecule has 2 fully saturated rings. The van der Waals surface area contributed by atoms with Gasteiger partial charge in [0.15, 0.2) is 0 Å². The van der Waals surface area contributed by atoms with E-state index in [0.29, 0.717) is 16.3 Å². The number of likely N-dealkylation sites (tertiary alicyclic amines) is 1. The molecule has 1 aromatic rings. The van der Waals surface area contributed by atoms with Gasteiger partial charge in [-0.25, -0.2) is 0 Å². The van der Waals surface area contributed by atoms with Crippen LogP contribution in [-0.2, 0) is 19.9 Å². The molecule has 4 rings (SSSR count). The number of rotatable bonds is 3. The molecule has 0 saturated carbocycles. The lowest BCUT2D eigenvalue weighted by Crippen LogP contribution is -2.99. The van der Waals surface area contributed by atoms with Crippen molar-refractivity contribution in [2.45, 2.75) is 44.3 Å². The van der Waals surface area contributed by atoms with E-state index in [-0.39, 0.29) is 23.8 Å². The van der Waals surface area contributed by atoms with Crippen LogP contribution in [0.25, 0.3) is 0 Å². The molecule has 1 aromatic carbocycles. The molecule has 2 saturated heterocycles. The number of nitrogens with zero attached hydrogens (tertiary/aromatic N) is 1. The predicted octanol–water partition coefficient (Wildman–Crippen LogP) is 1.59. The maximum atomic E-state index is 13.5. The quantitative estimate of drug-likeness (QED) is 0.724. The minimum absolute atomic E-state index is 0.128. The first-order valence-corrected chi connectivity index (χ1v) is 11.2. The zero-order chi connectivity index (χ0) is 20.4. The van der Waals surface area contributed by atoms with Crippen molar-refractivity contribution in [3.8, 4) is 0 Å². The molecule has 0 aromatic heterocycles. The summed E-state index contributed by atoms with van der Waals surface area (Å²) in [5, 5.41) is 5.39. The second kappa shape index (κ2) is 6.47. The summed E-state index contributed by atoms with van der Waals surface area (Å²) in [4.78, 5) is 41.5. The van der Waals surface area contributed by atoms with Gasteiger partial charge in [-0.1, -0.05) is 11.6 Å². The first-order chi connectivity index (χ1) is 13.1. The standard InChI is InChI=1S/C20H24ClN3O3S/c1-19(2,3)24-16(25)14-13(7-8-28-4)23-20(15(14)17(24)26)11-9-10(21)5-6-12(11)22-18(20)27/h5-6,9,13-15,23H,7-8H2,1-4H3,(H,22,27)/p+1/t13-,14+,15-,20-/m0/s1. The Hall–Kier alpha value is -1.57. The normalized spacial score (nSPS) is 31.5. The number of fused-ring (bicyclic) bond motifs is 4. The molecule has 0 radical (unpaired) electrons. The number of carbonyl (C=O) groups excluding carboxylic acids is 3. The summed E-state index contributed by atoms with van der Waals surface area (Å²) in [5.41, 5.74) is -0.385. The van der Waals surface area contributed by atoms with Crippen LogP contribution in [0, 0.1) is 11.8 Å². The fourth-order valence-corrected chi connectivity index (χ4v) is 5.79. The van der Waals surface area contributed by atoms with Crippen LogP contribution in [0.2, 0.25) is 5.02 Å². The molecular weight excluding hydrogens is 398 g/mol. The Morgan fingerprint density at radius 1 is 1.25 bits per heavy atom. The van der Waals surface area contributed by atoms with Crippen LogP contribution in [0.5, 0.6) is 0 Å². The average Bonchev–Trinajstić information content (AvgIpc) is 3.18. The molecule has 4 atom stereocenters. The summed E-state index contributed by atoms with van der Waals surface area (Å²) in [6.45, 7) is 5.57. The van der Waals surface area contributed by atoms with Crippen molar-refractivity contribution in [1.82, 2.24) is 4.90 Å². The Morgan fingerprint density at radius 3 is 2.61 bits per heavy atom. The molecule has 3 aliphatic heterocycles. The fourth-order valence-electron chi connectivity index (χ4n) is 5.11. The molecule has 0 unspecified atom stereocenters. The van der Waals surface area contributed by atoms with E-state index in [0.717, 1.165) is 12.2 Å². The lowest BCUT2D eigenvalue weighted by Gasteiger charge is -2.33. The van der Waals surface area contributed by atoms with E-state index in [1.54, 1.807) is 30.0 Å². The number of halogens is 1. The molecule has 3 amide bonds. The molecule has 8 heteroatoms. The largest absolute Gasteiger partial charge is 0.326 e. The highest BCUT2D eigenvalue weighted by Gasteiger charge is 2.74. The minimum atomic E-state index is -1.14. The van der Waals surface area contributed by atoms with Crippen molar-refractivity contribution < 1.29 is 19.7 Å². The van der Waals surface area contributed by atoms with Gasteiger partial charge in [0, 0.05) is 22.5 Å². The van der Waals surface area contributed by atoms with E-state index in [4.69, 9.17) is 11.6 Å². The molecule has 0 bridgehead atoms. The summed E-state index contributed by atoms with van der Waals surface area (Å²) < 4.78 is 0. The van der Waals surface area contributed by atoms with Crippen molar-refractivity contribution in [3.63, 3.8) is 0 Å². The SMILES string of the molecule is CSCC[C@@H]1[NH2+][C@]2(C(=O)Nc3ccc(Cl)cc32)[C@@H]2C(=O)N(C(C)(C)C)C(=O)[C@H]12. The van der Waals surface area contributed by atoms with Gasteiger partial charge in [-0.15, -0.1) is 0 Å². The first-order valence-electron chi connectivity index (χ1n) is 9.47. The lowest BCUT2D eigenvalue weighted by molar-refractivity contribution is -0.733. The van der Waals surface area contributed by atoms with E-state index in [1.165, 1.54) is 4.90 Å². The summed E-state index contributed by atoms with van der Waals surface area (Å²) in [6, 6.07) is 5.12. The third-order valence-electron chi connectivity index (χ3n) is 6.16. The number of imide groups is 1. The number of quaternary nitrogens is 1. The van der Waals surface area contributed by atoms with Crippen molar-refractivity contribution in [2.24, 2.45) is 11.8 Å². The monoisotopic (exact) mass is 422 g/mol. The van der Waals surface area contributed by atoms with Gasteiger partial charge in [0.1, 0.15) is 17.9 Å². The van der Waals surface area contributed by atoms with Crippen LogP contribution in [-0.4, -0.2) is 46.2 Å². The second-order valence-corrected chi connectivity index (χ2v) is 10.2. The van der Waals surface area contributed by atoms with E-state index in [2.05, 4.69) is 5.32 Å². The number of nitrogens with one attached hydrogen (secondary N) is 1. The predicted molar refractivity (Wildman–Crippen MR) is 109 cm³/mol. The van der Waals surface area contributed by atoms with E-state index in [1.807, 2.05) is 32.3 Å². The van der Waals surface area contributed by atoms with Crippen LogP contribution in [0.4, 0.5) is 5.69 Å². The third-order valence-corrected chi connectivity index (χ3v) is 7.04. The van der Waals surface area contributed by atoms with Crippen LogP contribution in [0.1, 0.15) is 32.8 Å². The number of amides is 3. The molecule has 6 nitrogen and oxygen atoms in total. The van der Waals surface area contributed by atoms with Crippen LogP contribution < -0.4 is 10.6 Å². The van der Waals surface area contributed by atoms with Crippen LogP contribution in [0.15, 0.2) is 18.2 Å². The van der Waals surface area contributed by atoms with Crippen molar-refractivity contribution in [1.29, 1.82) is 0 Å². The molecule has 3 aliphatic rings. The summed E-state index contributed by atoms with van der Waals surface area (Å²) in [6.07, 6.45) is 2.77. The molecule has 3 heterocycles. The number of nitrogens with two attached hydrogens (primary N) is 1. The maximum absolute atomic E-state index is 13.5. The summed E-state index contributed by atoms with van der Waals surface area (Å²) in [7, 11) is 0. The number of hydrogen-bond acceptors (Lipinski definition) is 4. The maximum Gasteiger partial charge on any atom is 0.291 e. The number of hydrogen-bond donors (Lipinski definition) is 2. The average molecular weight is 423 g/mol. The molecule has 1 spiro atoms. The number of benzene rings is 1. The summed E-state index contributed by atoms with van der Waals surface area (Å²) >= 11 is 7.94. The Balaban J connectivity index is 1.89. The van der Waals surface area contributed by atoms with Crippen molar-refractivity contribution in [3.05, 3.63) is 28.8 Å². The van der Waals surface area contributed by atoms with Crippen LogP contribution >= 0.6 is 23.4 Å². The first kappa shape index (κ1) is 19.7. The smallest absolute Gasteiger partial charge is 0.291 e. The minimum Gasteiger partial charge on any atom is -0.326 e. The highest BCUT2D eigenvalue weighted by molar-refractivity contribution is 7.98. The Morgan fingerprint density at radius 2 is 1.96 bits per heavy atom. The van der Waals surface area contributed by atoms with Gasteiger partial charge < -0.3 is 10.6 Å². The molecular formula is C20H25ClN3O3S+. The Kier molecular flexibility index (Phi) is 4.56. The number of anilines is 1. The van der Waals surface area contributed by atoms with Gasteiger partial charge in [0.05, 0.1) is 5.69 Å². The fraction of sp³-hybridized carbons (Fsp3) is 0.550. The number of carbonyl (C=O) groups is 3. The van der Waals surface area contributed by atoms with Gasteiger partial charge in [-0.2, -0.15) is 11.8 Å². The third kappa shape index (κ3) is 2.56. The van der Waals surface area contributed by atoms with E-state index < -0.39 is 22.9 Å². The highest BCUT2D eigenvalue weighted by Crippen LogP contribution is 2.51. The van der Waals surface area contributed by atoms with Gasteiger partial charge in [0.25, 0.3) is 5.91 Å². The molecule has 150 valence electrons. The number of thioether (sulfide) groups is 1. The Bertz CT molecular complexity index is 884. The second-order valence-electron chi connectivity index (χ2n) is 8.81. The lowest BCUT2D eigenvalue weighted by atomic mass is 9.76. The Labute approximate surface area is 173 Å². The molecule has 0 aliphatic carbocycles. The van der Waals surface area contributed by atoms with Gasteiger partial charge in [-0.3, -0.25) is 19.3 Å².